The van der Waals surface area contributed by atoms with E-state index in [1.807, 2.05) is 154 Å². The van der Waals surface area contributed by atoms with E-state index in [4.69, 9.17) is 47.4 Å². The molecule has 0 amide bonds. The van der Waals surface area contributed by atoms with Crippen molar-refractivity contribution in [3.63, 3.8) is 0 Å². The molecule has 0 radical (unpaired) electrons. The van der Waals surface area contributed by atoms with E-state index < -0.39 is 116 Å². The number of hydrogen-bond donors (Lipinski definition) is 0. The van der Waals surface area contributed by atoms with Gasteiger partial charge in [0.2, 0.25) is 0 Å². The summed E-state index contributed by atoms with van der Waals surface area (Å²) >= 11 is 1.28. The van der Waals surface area contributed by atoms with Gasteiger partial charge in [-0.3, -0.25) is 0 Å². The summed E-state index contributed by atoms with van der Waals surface area (Å²) in [5, 5.41) is 0. The molecule has 0 unspecified atom stereocenters. The number of aryl methyl sites for hydroxylation is 21. The second-order valence-corrected chi connectivity index (χ2v) is 30.1. The third kappa shape index (κ3) is 17.9. The molecule has 2 aliphatic rings. The maximum Gasteiger partial charge on any atom is 0.339 e. The highest BCUT2D eigenvalue weighted by Gasteiger charge is 2.59. The summed E-state index contributed by atoms with van der Waals surface area (Å²) in [5.41, 5.74) is 14.4. The SMILES string of the molecule is CCCCS[C@H]1O[C@H](COC(=O)c2c(C)cc(C)cc2C)[C@H](OC(=O)c2c(C)cc(C)cc2C)[C@H](O[C@@H]2O[C@H](COC(=O)c3c(C)cc(C)cc3C)[C@H](OC(=O)c3c(C)cc(C)cc3C)[C@H](OC(=O)c3c(C)cc(C)cc3C)[C@H]2OC(=O)c2c(C)cc(C)cc2C)[C@H]1OC(=O)c1c(C)cc(C)cc1C. The first-order chi connectivity index (χ1) is 49.0. The van der Waals surface area contributed by atoms with Crippen molar-refractivity contribution in [3.8, 4) is 0 Å². The molecule has 0 aromatic heterocycles. The fraction of sp³-hybridized carbons (Fsp3) is 0.430. The van der Waals surface area contributed by atoms with Gasteiger partial charge >= 0.3 is 41.8 Å². The molecule has 17 nitrogen and oxygen atoms in total. The van der Waals surface area contributed by atoms with E-state index in [9.17, 15) is 9.59 Å². The van der Waals surface area contributed by atoms with Gasteiger partial charge in [-0.05, 0) is 235 Å². The molecule has 7 aromatic rings. The van der Waals surface area contributed by atoms with Crippen LogP contribution in [0.5, 0.6) is 0 Å². The largest absolute Gasteiger partial charge is 0.459 e. The zero-order chi connectivity index (χ0) is 76.2. The Hall–Kier alpha value is -8.94. The molecule has 552 valence electrons. The van der Waals surface area contributed by atoms with Crippen molar-refractivity contribution in [2.75, 3.05) is 19.0 Å². The maximum atomic E-state index is 15.8. The van der Waals surface area contributed by atoms with Crippen molar-refractivity contribution in [3.05, 3.63) is 241 Å². The zero-order valence-corrected chi connectivity index (χ0v) is 65.1. The van der Waals surface area contributed by atoms with Crippen LogP contribution < -0.4 is 0 Å². The lowest BCUT2D eigenvalue weighted by molar-refractivity contribution is -0.334. The van der Waals surface area contributed by atoms with Gasteiger partial charge in [0.05, 0.1) is 38.9 Å². The predicted molar refractivity (Wildman–Crippen MR) is 401 cm³/mol. The van der Waals surface area contributed by atoms with Crippen LogP contribution in [0.3, 0.4) is 0 Å². The number of carbonyl (C=O) groups is 7. The Morgan fingerprint density at radius 1 is 0.298 bits per heavy atom. The molecule has 2 aliphatic heterocycles. The lowest BCUT2D eigenvalue weighted by Gasteiger charge is -2.49. The highest BCUT2D eigenvalue weighted by atomic mass is 32.2. The van der Waals surface area contributed by atoms with Crippen molar-refractivity contribution in [2.45, 2.75) is 226 Å². The van der Waals surface area contributed by atoms with Gasteiger partial charge in [-0.2, -0.15) is 0 Å². The average Bonchev–Trinajstić information content (AvgIpc) is 0.754. The van der Waals surface area contributed by atoms with Gasteiger partial charge in [-0.15, -0.1) is 11.8 Å². The quantitative estimate of drug-likeness (QED) is 0.0351. The second kappa shape index (κ2) is 33.4. The van der Waals surface area contributed by atoms with Crippen LogP contribution in [0.4, 0.5) is 0 Å². The second-order valence-electron chi connectivity index (χ2n) is 28.9. The van der Waals surface area contributed by atoms with Crippen LogP contribution >= 0.6 is 11.8 Å². The molecule has 2 fully saturated rings. The summed E-state index contributed by atoms with van der Waals surface area (Å²) in [6.07, 6.45) is -14.7. The minimum atomic E-state index is -2.06. The molecular formula is C86H100O17S. The minimum absolute atomic E-state index is 0.134. The van der Waals surface area contributed by atoms with Crippen molar-refractivity contribution >= 4 is 53.5 Å². The molecule has 18 heteroatoms. The topological polar surface area (TPSA) is 212 Å². The predicted octanol–water partition coefficient (Wildman–Crippen LogP) is 16.7. The van der Waals surface area contributed by atoms with Gasteiger partial charge in [-0.1, -0.05) is 137 Å². The van der Waals surface area contributed by atoms with Crippen LogP contribution in [0, 0.1) is 145 Å². The number of benzene rings is 7. The summed E-state index contributed by atoms with van der Waals surface area (Å²) in [6, 6.07) is 25.7. The first-order valence-corrected chi connectivity index (χ1v) is 36.6. The first kappa shape index (κ1) is 79.2. The van der Waals surface area contributed by atoms with E-state index >= 15 is 24.0 Å². The number of unbranched alkanes of at least 4 members (excludes halogenated alkanes) is 1. The van der Waals surface area contributed by atoms with Crippen molar-refractivity contribution < 1.29 is 80.9 Å². The van der Waals surface area contributed by atoms with Crippen molar-refractivity contribution in [2.24, 2.45) is 0 Å². The summed E-state index contributed by atoms with van der Waals surface area (Å²) in [7, 11) is 0. The van der Waals surface area contributed by atoms with Crippen LogP contribution in [0.25, 0.3) is 0 Å². The first-order valence-electron chi connectivity index (χ1n) is 35.6. The fourth-order valence-electron chi connectivity index (χ4n) is 15.5. The van der Waals surface area contributed by atoms with Crippen LogP contribution in [0.2, 0.25) is 0 Å². The molecule has 7 aromatic carbocycles. The summed E-state index contributed by atoms with van der Waals surface area (Å²) < 4.78 is 69.0. The lowest BCUT2D eigenvalue weighted by Crippen LogP contribution is -2.67. The highest BCUT2D eigenvalue weighted by Crippen LogP contribution is 2.41. The Bertz CT molecular complexity index is 4340. The number of thioether (sulfide) groups is 1. The Morgan fingerprint density at radius 3 is 0.808 bits per heavy atom. The molecular weight excluding hydrogens is 1340 g/mol. The van der Waals surface area contributed by atoms with E-state index in [1.54, 1.807) is 83.1 Å². The van der Waals surface area contributed by atoms with Crippen molar-refractivity contribution in [1.82, 2.24) is 0 Å². The van der Waals surface area contributed by atoms with E-state index in [1.165, 1.54) is 11.8 Å². The van der Waals surface area contributed by atoms with Crippen LogP contribution in [-0.4, -0.2) is 121 Å². The molecule has 0 N–H and O–H groups in total. The summed E-state index contributed by atoms with van der Waals surface area (Å²) in [5.74, 6) is -5.47. The molecule has 0 bridgehead atoms. The number of esters is 7. The molecule has 2 saturated heterocycles. The Balaban J connectivity index is 1.34. The molecule has 0 spiro atoms. The van der Waals surface area contributed by atoms with E-state index in [2.05, 4.69) is 0 Å². The summed E-state index contributed by atoms with van der Waals surface area (Å²) in [6.45, 7) is 38.9. The van der Waals surface area contributed by atoms with Gasteiger partial charge < -0.3 is 47.4 Å². The lowest BCUT2D eigenvalue weighted by atomic mass is 9.94. The molecule has 9 rings (SSSR count). The number of ether oxygens (including phenoxy) is 10. The van der Waals surface area contributed by atoms with Crippen LogP contribution in [0.1, 0.15) is 209 Å². The molecule has 104 heavy (non-hydrogen) atoms. The summed E-state index contributed by atoms with van der Waals surface area (Å²) in [4.78, 5) is 108. The van der Waals surface area contributed by atoms with E-state index in [0.29, 0.717) is 95.6 Å². The highest BCUT2D eigenvalue weighted by molar-refractivity contribution is 7.99. The Kier molecular flexibility index (Phi) is 25.5. The molecule has 2 heterocycles. The average molecular weight is 1440 g/mol. The van der Waals surface area contributed by atoms with Gasteiger partial charge in [0.25, 0.3) is 0 Å². The minimum Gasteiger partial charge on any atom is -0.459 e. The van der Waals surface area contributed by atoms with Crippen LogP contribution in [-0.2, 0) is 47.4 Å². The number of hydrogen-bond acceptors (Lipinski definition) is 18. The van der Waals surface area contributed by atoms with Gasteiger partial charge in [0.15, 0.2) is 36.8 Å². The van der Waals surface area contributed by atoms with Gasteiger partial charge in [-0.25, -0.2) is 33.6 Å². The van der Waals surface area contributed by atoms with Crippen molar-refractivity contribution in [1.29, 1.82) is 0 Å². The Labute approximate surface area is 616 Å². The normalized spacial score (nSPS) is 20.1. The third-order valence-corrected chi connectivity index (χ3v) is 20.6. The smallest absolute Gasteiger partial charge is 0.339 e. The van der Waals surface area contributed by atoms with Gasteiger partial charge in [0, 0.05) is 0 Å². The maximum absolute atomic E-state index is 15.8. The zero-order valence-electron chi connectivity index (χ0n) is 64.2. The monoisotopic (exact) mass is 1440 g/mol. The number of carbonyl (C=O) groups excluding carboxylic acids is 7. The number of rotatable bonds is 22. The fourth-order valence-corrected chi connectivity index (χ4v) is 16.8. The molecule has 0 saturated carbocycles. The van der Waals surface area contributed by atoms with Gasteiger partial charge in [0.1, 0.15) is 37.0 Å². The standard InChI is InChI=1S/C86H100O17S/c1-23-24-25-104-86-77(102-84(93)71-61(21)38-48(8)39-62(71)22)75(73(99-81(90)68-55(15)32-45(5)33-56(68)16)64(97-86)41-95-79(88)66-51(11)28-43(3)29-52(66)12)103-85-76(101-83(92)70-59(19)36-47(7)37-60(70)20)74(100-82(91)69-57(17)34-46(6)35-58(69)18)72(98-80(89)67-53(13)30-44(4)31-54(67)14)63(96-85)40-94-78(87)65-49(9)26-42(2)27-50(65)10/h26-39,63-64,72-77,85-86H,23-25,40-41H2,1-22H3/t63-,64-,72+,73+,74+,75+,76-,77-,85+,86-/m1/s1. The third-order valence-electron chi connectivity index (χ3n) is 19.4. The van der Waals surface area contributed by atoms with E-state index in [0.717, 1.165) is 45.4 Å². The Morgan fingerprint density at radius 2 is 0.529 bits per heavy atom. The van der Waals surface area contributed by atoms with E-state index in [-0.39, 0.29) is 33.4 Å². The van der Waals surface area contributed by atoms with Crippen LogP contribution in [0.15, 0.2) is 84.9 Å². The molecule has 0 aliphatic carbocycles. The molecule has 10 atom stereocenters.